The molecule has 0 aromatic heterocycles. The Kier molecular flexibility index (Phi) is 2.88. The van der Waals surface area contributed by atoms with E-state index in [0.717, 1.165) is 25.7 Å². The van der Waals surface area contributed by atoms with Gasteiger partial charge in [0.25, 0.3) is 0 Å². The predicted molar refractivity (Wildman–Crippen MR) is 54.0 cm³/mol. The molecule has 2 fully saturated rings. The Labute approximate surface area is 85.2 Å². The third-order valence-corrected chi connectivity index (χ3v) is 4.01. The summed E-state index contributed by atoms with van der Waals surface area (Å²) < 4.78 is 5.46. The zero-order chi connectivity index (χ0) is 10.1. The van der Waals surface area contributed by atoms with Crippen LogP contribution in [0.5, 0.6) is 0 Å². The van der Waals surface area contributed by atoms with Crippen molar-refractivity contribution < 1.29 is 9.53 Å². The first kappa shape index (κ1) is 10.1. The molecule has 1 aliphatic carbocycles. The fourth-order valence-electron chi connectivity index (χ4n) is 3.23. The number of rotatable bonds is 2. The second kappa shape index (κ2) is 3.99. The third-order valence-electron chi connectivity index (χ3n) is 4.01. The Morgan fingerprint density at radius 3 is 2.86 bits per heavy atom. The molecular formula is C11H19NO2. The molecule has 3 nitrogen and oxygen atoms in total. The van der Waals surface area contributed by atoms with Crippen molar-refractivity contribution in [3.63, 3.8) is 0 Å². The molecule has 1 aliphatic heterocycles. The van der Waals surface area contributed by atoms with Crippen LogP contribution in [0.4, 0.5) is 0 Å². The predicted octanol–water partition coefficient (Wildman–Crippen LogP) is 0.834. The van der Waals surface area contributed by atoms with Crippen LogP contribution in [0.25, 0.3) is 0 Å². The summed E-state index contributed by atoms with van der Waals surface area (Å²) in [5.74, 6) is 1.20. The summed E-state index contributed by atoms with van der Waals surface area (Å²) in [6.45, 7) is 3.08. The Morgan fingerprint density at radius 2 is 2.21 bits per heavy atom. The summed E-state index contributed by atoms with van der Waals surface area (Å²) >= 11 is 0. The first-order chi connectivity index (χ1) is 6.77. The van der Waals surface area contributed by atoms with Gasteiger partial charge in [0.2, 0.25) is 0 Å². The summed E-state index contributed by atoms with van der Waals surface area (Å²) in [6, 6.07) is 0.548. The molecule has 2 rings (SSSR count). The first-order valence-electron chi connectivity index (χ1n) is 5.49. The molecule has 1 saturated carbocycles. The second-order valence-corrected chi connectivity index (χ2v) is 4.60. The molecule has 1 N–H and O–H groups in total. The topological polar surface area (TPSA) is 38.3 Å². The van der Waals surface area contributed by atoms with Crippen molar-refractivity contribution in [1.29, 1.82) is 0 Å². The number of aldehydes is 1. The fraction of sp³-hybridized carbons (Fsp3) is 0.909. The van der Waals surface area contributed by atoms with E-state index in [2.05, 4.69) is 12.2 Å². The maximum Gasteiger partial charge on any atom is 0.124 e. The van der Waals surface area contributed by atoms with Crippen LogP contribution in [0, 0.1) is 17.8 Å². The number of ether oxygens (including phenoxy) is 1. The van der Waals surface area contributed by atoms with Crippen LogP contribution in [0.15, 0.2) is 0 Å². The zero-order valence-electron chi connectivity index (χ0n) is 8.90. The normalized spacial score (nSPS) is 47.4. The average Bonchev–Trinajstić information content (AvgIpc) is 2.62. The van der Waals surface area contributed by atoms with Crippen LogP contribution >= 0.6 is 0 Å². The van der Waals surface area contributed by atoms with Gasteiger partial charge in [0.05, 0.1) is 6.10 Å². The lowest BCUT2D eigenvalue weighted by Crippen LogP contribution is -2.43. The van der Waals surface area contributed by atoms with Gasteiger partial charge >= 0.3 is 0 Å². The van der Waals surface area contributed by atoms with Gasteiger partial charge in [-0.3, -0.25) is 0 Å². The minimum absolute atomic E-state index is 0.202. The third kappa shape index (κ3) is 1.48. The highest BCUT2D eigenvalue weighted by Gasteiger charge is 2.44. The van der Waals surface area contributed by atoms with Gasteiger partial charge in [-0.2, -0.15) is 0 Å². The van der Waals surface area contributed by atoms with Crippen molar-refractivity contribution in [2.24, 2.45) is 17.8 Å². The van der Waals surface area contributed by atoms with Crippen LogP contribution in [0.3, 0.4) is 0 Å². The molecule has 5 unspecified atom stereocenters. The molecule has 1 saturated heterocycles. The molecule has 0 aromatic carbocycles. The van der Waals surface area contributed by atoms with Gasteiger partial charge in [-0.05, 0) is 24.7 Å². The second-order valence-electron chi connectivity index (χ2n) is 4.60. The van der Waals surface area contributed by atoms with Gasteiger partial charge in [0, 0.05) is 25.6 Å². The molecule has 2 aliphatic rings. The number of methoxy groups -OCH3 is 1. The minimum Gasteiger partial charge on any atom is -0.381 e. The highest BCUT2D eigenvalue weighted by molar-refractivity contribution is 5.55. The number of carbonyl (C=O) groups excluding carboxylic acids is 1. The molecule has 0 spiro atoms. The lowest BCUT2D eigenvalue weighted by Gasteiger charge is -2.38. The van der Waals surface area contributed by atoms with E-state index in [1.54, 1.807) is 7.11 Å². The quantitative estimate of drug-likeness (QED) is 0.666. The van der Waals surface area contributed by atoms with Crippen molar-refractivity contribution in [2.45, 2.75) is 31.9 Å². The molecule has 0 bridgehead atoms. The SMILES string of the molecule is COC1CCC2NCC(C=O)C2C1C. The Bertz CT molecular complexity index is 219. The molecule has 14 heavy (non-hydrogen) atoms. The molecular weight excluding hydrogens is 178 g/mol. The summed E-state index contributed by atoms with van der Waals surface area (Å²) in [5.41, 5.74) is 0. The zero-order valence-corrected chi connectivity index (χ0v) is 8.90. The van der Waals surface area contributed by atoms with E-state index in [4.69, 9.17) is 4.74 Å². The maximum atomic E-state index is 10.9. The van der Waals surface area contributed by atoms with Crippen molar-refractivity contribution >= 4 is 6.29 Å². The fourth-order valence-corrected chi connectivity index (χ4v) is 3.23. The lowest BCUT2D eigenvalue weighted by molar-refractivity contribution is -0.113. The molecule has 80 valence electrons. The minimum atomic E-state index is 0.202. The van der Waals surface area contributed by atoms with Crippen molar-refractivity contribution in [2.75, 3.05) is 13.7 Å². The van der Waals surface area contributed by atoms with Crippen molar-refractivity contribution in [1.82, 2.24) is 5.32 Å². The van der Waals surface area contributed by atoms with Crippen LogP contribution in [-0.2, 0) is 9.53 Å². The van der Waals surface area contributed by atoms with E-state index in [9.17, 15) is 4.79 Å². The van der Waals surface area contributed by atoms with E-state index < -0.39 is 0 Å². The molecule has 0 radical (unpaired) electrons. The summed E-state index contributed by atoms with van der Waals surface area (Å²) in [5, 5.41) is 3.45. The van der Waals surface area contributed by atoms with Gasteiger partial charge < -0.3 is 14.8 Å². The number of fused-ring (bicyclic) bond motifs is 1. The molecule has 0 amide bonds. The van der Waals surface area contributed by atoms with Gasteiger partial charge in [-0.25, -0.2) is 0 Å². The number of hydrogen-bond acceptors (Lipinski definition) is 3. The van der Waals surface area contributed by atoms with Crippen LogP contribution < -0.4 is 5.32 Å². The first-order valence-corrected chi connectivity index (χ1v) is 5.49. The lowest BCUT2D eigenvalue weighted by atomic mass is 9.72. The van der Waals surface area contributed by atoms with E-state index in [1.165, 1.54) is 0 Å². The standard InChI is InChI=1S/C11H19NO2/c1-7-10(14-2)4-3-9-11(7)8(6-13)5-12-9/h6-12H,3-5H2,1-2H3. The van der Waals surface area contributed by atoms with E-state index in [0.29, 0.717) is 24.0 Å². The summed E-state index contributed by atoms with van der Waals surface area (Å²) in [7, 11) is 1.78. The molecule has 5 atom stereocenters. The van der Waals surface area contributed by atoms with Crippen molar-refractivity contribution in [3.05, 3.63) is 0 Å². The van der Waals surface area contributed by atoms with Gasteiger partial charge in [0.15, 0.2) is 0 Å². The summed E-state index contributed by atoms with van der Waals surface area (Å²) in [4.78, 5) is 10.9. The Morgan fingerprint density at radius 1 is 1.43 bits per heavy atom. The monoisotopic (exact) mass is 197 g/mol. The summed E-state index contributed by atoms with van der Waals surface area (Å²) in [6.07, 6.45) is 3.74. The van der Waals surface area contributed by atoms with Crippen LogP contribution in [-0.4, -0.2) is 32.1 Å². The van der Waals surface area contributed by atoms with E-state index in [-0.39, 0.29) is 5.92 Å². The van der Waals surface area contributed by atoms with Crippen LogP contribution in [0.1, 0.15) is 19.8 Å². The highest BCUT2D eigenvalue weighted by atomic mass is 16.5. The van der Waals surface area contributed by atoms with E-state index in [1.807, 2.05) is 0 Å². The number of hydrogen-bond donors (Lipinski definition) is 1. The van der Waals surface area contributed by atoms with Gasteiger partial charge in [-0.1, -0.05) is 6.92 Å². The largest absolute Gasteiger partial charge is 0.381 e. The van der Waals surface area contributed by atoms with Gasteiger partial charge in [-0.15, -0.1) is 0 Å². The van der Waals surface area contributed by atoms with Crippen molar-refractivity contribution in [3.8, 4) is 0 Å². The highest BCUT2D eigenvalue weighted by Crippen LogP contribution is 2.39. The maximum absolute atomic E-state index is 10.9. The Balaban J connectivity index is 2.11. The van der Waals surface area contributed by atoms with E-state index >= 15 is 0 Å². The van der Waals surface area contributed by atoms with Crippen LogP contribution in [0.2, 0.25) is 0 Å². The molecule has 1 heterocycles. The van der Waals surface area contributed by atoms with Gasteiger partial charge in [0.1, 0.15) is 6.29 Å². The number of nitrogens with one attached hydrogen (secondary N) is 1. The average molecular weight is 197 g/mol. The number of carbonyl (C=O) groups is 1. The molecule has 3 heteroatoms. The smallest absolute Gasteiger partial charge is 0.124 e. The Hall–Kier alpha value is -0.410. The molecule has 0 aromatic rings.